The van der Waals surface area contributed by atoms with Gasteiger partial charge in [0.25, 0.3) is 0 Å². The van der Waals surface area contributed by atoms with E-state index in [2.05, 4.69) is 10.5 Å². The van der Waals surface area contributed by atoms with Gasteiger partial charge in [0.05, 0.1) is 29.8 Å². The molecule has 0 aliphatic rings. The molecule has 1 heterocycles. The van der Waals surface area contributed by atoms with E-state index in [0.717, 1.165) is 39.6 Å². The Morgan fingerprint density at radius 1 is 1.06 bits per heavy atom. The summed E-state index contributed by atoms with van der Waals surface area (Å²) in [6.45, 7) is 10.1. The third kappa shape index (κ3) is 6.35. The van der Waals surface area contributed by atoms with Crippen molar-refractivity contribution in [2.75, 3.05) is 0 Å². The average Bonchev–Trinajstić information content (AvgIpc) is 3.04. The highest BCUT2D eigenvalue weighted by Gasteiger charge is 2.12. The second-order valence-corrected chi connectivity index (χ2v) is 7.94. The van der Waals surface area contributed by atoms with E-state index in [0.29, 0.717) is 13.0 Å². The summed E-state index contributed by atoms with van der Waals surface area (Å²) in [6, 6.07) is 15.3. The lowest BCUT2D eigenvalue weighted by Gasteiger charge is -2.17. The fourth-order valence-corrected chi connectivity index (χ4v) is 3.26. The Hall–Kier alpha value is -3.28. The van der Waals surface area contributed by atoms with Gasteiger partial charge in [-0.1, -0.05) is 29.4 Å². The predicted molar refractivity (Wildman–Crippen MR) is 119 cm³/mol. The molecule has 3 rings (SSSR count). The summed E-state index contributed by atoms with van der Waals surface area (Å²) in [5, 5.41) is 6.98. The fraction of sp³-hybridized carbons (Fsp3) is 0.360. The van der Waals surface area contributed by atoms with Crippen LogP contribution in [0.1, 0.15) is 55.0 Å². The Bertz CT molecular complexity index is 989. The SMILES string of the molecule is Cc1noc(C)c1COc1ccc(CC(=O)NC(C)c2cccc(OC(C)C)c2)cc1. The van der Waals surface area contributed by atoms with Gasteiger partial charge in [0, 0.05) is 0 Å². The van der Waals surface area contributed by atoms with Crippen LogP contribution in [0.3, 0.4) is 0 Å². The van der Waals surface area contributed by atoms with E-state index in [9.17, 15) is 4.79 Å². The lowest BCUT2D eigenvalue weighted by Crippen LogP contribution is -2.28. The first kappa shape index (κ1) is 22.4. The normalized spacial score (nSPS) is 11.9. The number of carbonyl (C=O) groups is 1. The second-order valence-electron chi connectivity index (χ2n) is 7.94. The maximum Gasteiger partial charge on any atom is 0.224 e. The molecule has 0 aliphatic heterocycles. The first-order valence-electron chi connectivity index (χ1n) is 10.5. The minimum atomic E-state index is -0.110. The van der Waals surface area contributed by atoms with E-state index < -0.39 is 0 Å². The van der Waals surface area contributed by atoms with Crippen molar-refractivity contribution in [3.63, 3.8) is 0 Å². The molecule has 164 valence electrons. The van der Waals surface area contributed by atoms with Crippen LogP contribution < -0.4 is 14.8 Å². The van der Waals surface area contributed by atoms with Crippen molar-refractivity contribution in [1.82, 2.24) is 10.5 Å². The summed E-state index contributed by atoms with van der Waals surface area (Å²) in [5.41, 5.74) is 3.72. The van der Waals surface area contributed by atoms with Crippen LogP contribution in [0.25, 0.3) is 0 Å². The molecule has 1 N–H and O–H groups in total. The van der Waals surface area contributed by atoms with E-state index in [1.165, 1.54) is 0 Å². The van der Waals surface area contributed by atoms with Gasteiger partial charge >= 0.3 is 0 Å². The number of benzene rings is 2. The Morgan fingerprint density at radius 2 is 1.81 bits per heavy atom. The van der Waals surface area contributed by atoms with Crippen molar-refractivity contribution >= 4 is 5.91 Å². The van der Waals surface area contributed by atoms with Gasteiger partial charge < -0.3 is 19.3 Å². The summed E-state index contributed by atoms with van der Waals surface area (Å²) in [7, 11) is 0. The number of amides is 1. The van der Waals surface area contributed by atoms with Gasteiger partial charge in [0.2, 0.25) is 5.91 Å². The van der Waals surface area contributed by atoms with E-state index >= 15 is 0 Å². The van der Waals surface area contributed by atoms with Crippen LogP contribution in [0.15, 0.2) is 53.1 Å². The zero-order valence-corrected chi connectivity index (χ0v) is 18.8. The molecule has 1 aromatic heterocycles. The van der Waals surface area contributed by atoms with Gasteiger partial charge in [-0.2, -0.15) is 0 Å². The summed E-state index contributed by atoms with van der Waals surface area (Å²) in [5.74, 6) is 2.27. The molecule has 3 aromatic rings. The number of hydrogen-bond acceptors (Lipinski definition) is 5. The molecule has 6 heteroatoms. The average molecular weight is 423 g/mol. The fourth-order valence-electron chi connectivity index (χ4n) is 3.26. The Labute approximate surface area is 183 Å². The van der Waals surface area contributed by atoms with Crippen LogP contribution in [0.4, 0.5) is 0 Å². The molecule has 1 unspecified atom stereocenters. The van der Waals surface area contributed by atoms with Crippen LogP contribution in [-0.4, -0.2) is 17.2 Å². The molecule has 0 aliphatic carbocycles. The number of aryl methyl sites for hydroxylation is 2. The van der Waals surface area contributed by atoms with E-state index in [4.69, 9.17) is 14.0 Å². The van der Waals surface area contributed by atoms with E-state index in [1.807, 2.05) is 83.1 Å². The third-order valence-electron chi connectivity index (χ3n) is 4.96. The maximum absolute atomic E-state index is 12.5. The van der Waals surface area contributed by atoms with Gasteiger partial charge in [-0.15, -0.1) is 0 Å². The standard InChI is InChI=1S/C25H30N2O4/c1-16(2)30-23-8-6-7-21(14-23)17(3)26-25(28)13-20-9-11-22(12-10-20)29-15-24-18(4)27-31-19(24)5/h6-12,14,16-17H,13,15H2,1-5H3,(H,26,28). The highest BCUT2D eigenvalue weighted by molar-refractivity contribution is 5.79. The molecule has 1 amide bonds. The molecule has 0 fully saturated rings. The molecule has 0 bridgehead atoms. The van der Waals surface area contributed by atoms with Crippen LogP contribution in [0.5, 0.6) is 11.5 Å². The number of hydrogen-bond donors (Lipinski definition) is 1. The monoisotopic (exact) mass is 422 g/mol. The zero-order chi connectivity index (χ0) is 22.4. The molecule has 0 radical (unpaired) electrons. The Morgan fingerprint density at radius 3 is 2.45 bits per heavy atom. The summed E-state index contributed by atoms with van der Waals surface area (Å²) in [6.07, 6.45) is 0.410. The lowest BCUT2D eigenvalue weighted by atomic mass is 10.1. The maximum atomic E-state index is 12.5. The first-order chi connectivity index (χ1) is 14.8. The highest BCUT2D eigenvalue weighted by Crippen LogP contribution is 2.21. The molecule has 0 saturated heterocycles. The number of nitrogens with one attached hydrogen (secondary N) is 1. The van der Waals surface area contributed by atoms with E-state index in [1.54, 1.807) is 0 Å². The van der Waals surface area contributed by atoms with Gasteiger partial charge in [-0.3, -0.25) is 4.79 Å². The van der Waals surface area contributed by atoms with Crippen molar-refractivity contribution in [3.8, 4) is 11.5 Å². The number of rotatable bonds is 9. The predicted octanol–water partition coefficient (Wildman–Crippen LogP) is 5.08. The van der Waals surface area contributed by atoms with Gasteiger partial charge in [-0.05, 0) is 70.0 Å². The van der Waals surface area contributed by atoms with Crippen molar-refractivity contribution in [2.45, 2.75) is 59.8 Å². The molecule has 0 saturated carbocycles. The summed E-state index contributed by atoms with van der Waals surface area (Å²) >= 11 is 0. The topological polar surface area (TPSA) is 73.6 Å². The number of nitrogens with zero attached hydrogens (tertiary/aromatic N) is 1. The minimum absolute atomic E-state index is 0.0351. The van der Waals surface area contributed by atoms with Crippen LogP contribution in [-0.2, 0) is 17.8 Å². The lowest BCUT2D eigenvalue weighted by molar-refractivity contribution is -0.121. The zero-order valence-electron chi connectivity index (χ0n) is 18.8. The van der Waals surface area contributed by atoms with Gasteiger partial charge in [-0.25, -0.2) is 0 Å². The Balaban J connectivity index is 1.52. The third-order valence-corrected chi connectivity index (χ3v) is 4.96. The Kier molecular flexibility index (Phi) is 7.34. The first-order valence-corrected chi connectivity index (χ1v) is 10.5. The largest absolute Gasteiger partial charge is 0.491 e. The van der Waals surface area contributed by atoms with Gasteiger partial charge in [0.1, 0.15) is 23.9 Å². The number of carbonyl (C=O) groups excluding carboxylic acids is 1. The molecular weight excluding hydrogens is 392 g/mol. The summed E-state index contributed by atoms with van der Waals surface area (Å²) in [4.78, 5) is 12.5. The molecule has 31 heavy (non-hydrogen) atoms. The summed E-state index contributed by atoms with van der Waals surface area (Å²) < 4.78 is 16.7. The highest BCUT2D eigenvalue weighted by atomic mass is 16.5. The van der Waals surface area contributed by atoms with Gasteiger partial charge in [0.15, 0.2) is 0 Å². The number of aromatic nitrogens is 1. The van der Waals surface area contributed by atoms with Crippen molar-refractivity contribution in [2.24, 2.45) is 0 Å². The molecule has 2 aromatic carbocycles. The van der Waals surface area contributed by atoms with Crippen molar-refractivity contribution < 1.29 is 18.8 Å². The van der Waals surface area contributed by atoms with Crippen LogP contribution in [0, 0.1) is 13.8 Å². The number of ether oxygens (including phenoxy) is 2. The quantitative estimate of drug-likeness (QED) is 0.521. The second kappa shape index (κ2) is 10.2. The molecule has 1 atom stereocenters. The van der Waals surface area contributed by atoms with Crippen LogP contribution >= 0.6 is 0 Å². The molecule has 0 spiro atoms. The minimum Gasteiger partial charge on any atom is -0.491 e. The van der Waals surface area contributed by atoms with Crippen molar-refractivity contribution in [1.29, 1.82) is 0 Å². The van der Waals surface area contributed by atoms with Crippen molar-refractivity contribution in [3.05, 3.63) is 76.7 Å². The smallest absolute Gasteiger partial charge is 0.224 e. The molecular formula is C25H30N2O4. The molecule has 6 nitrogen and oxygen atoms in total. The van der Waals surface area contributed by atoms with E-state index in [-0.39, 0.29) is 18.1 Å². The van der Waals surface area contributed by atoms with Crippen LogP contribution in [0.2, 0.25) is 0 Å².